The van der Waals surface area contributed by atoms with Gasteiger partial charge >= 0.3 is 0 Å². The van der Waals surface area contributed by atoms with E-state index in [9.17, 15) is 4.79 Å². The number of amides is 1. The van der Waals surface area contributed by atoms with Crippen LogP contribution < -0.4 is 4.90 Å². The molecule has 1 unspecified atom stereocenters. The van der Waals surface area contributed by atoms with Gasteiger partial charge in [0.25, 0.3) is 5.91 Å². The van der Waals surface area contributed by atoms with Gasteiger partial charge in [-0.3, -0.25) is 4.79 Å². The average Bonchev–Trinajstić information content (AvgIpc) is 3.15. The largest absolute Gasteiger partial charge is 0.378 e. The third-order valence-electron chi connectivity index (χ3n) is 5.10. The number of nitrogens with zero attached hydrogens (tertiary/aromatic N) is 4. The summed E-state index contributed by atoms with van der Waals surface area (Å²) in [7, 11) is 0. The summed E-state index contributed by atoms with van der Waals surface area (Å²) in [5.74, 6) is 1.50. The summed E-state index contributed by atoms with van der Waals surface area (Å²) < 4.78 is 10.6. The van der Waals surface area contributed by atoms with Gasteiger partial charge in [-0.25, -0.2) is 0 Å². The molecule has 1 aromatic carbocycles. The molecule has 2 saturated heterocycles. The van der Waals surface area contributed by atoms with E-state index < -0.39 is 0 Å². The van der Waals surface area contributed by atoms with Crippen LogP contribution in [0.3, 0.4) is 0 Å². The van der Waals surface area contributed by atoms with E-state index in [2.05, 4.69) is 15.0 Å². The van der Waals surface area contributed by atoms with Gasteiger partial charge in [0.2, 0.25) is 5.89 Å². The summed E-state index contributed by atoms with van der Waals surface area (Å²) in [6, 6.07) is 7.88. The lowest BCUT2D eigenvalue weighted by atomic mass is 9.96. The average molecular weight is 356 g/mol. The quantitative estimate of drug-likeness (QED) is 0.840. The number of hydrogen-bond acceptors (Lipinski definition) is 6. The standard InChI is InChI=1S/C19H24N4O3/c1-14-20-18(21-26-14)15-5-4-8-23(13-15)19(24)16-6-2-3-7-17(16)22-9-11-25-12-10-22/h2-3,6-7,15H,4-5,8-13H2,1H3. The number of ether oxygens (including phenoxy) is 1. The molecule has 0 saturated carbocycles. The van der Waals surface area contributed by atoms with E-state index in [0.29, 0.717) is 31.5 Å². The Balaban J connectivity index is 1.53. The maximum atomic E-state index is 13.2. The van der Waals surface area contributed by atoms with Crippen molar-refractivity contribution in [3.63, 3.8) is 0 Å². The molecule has 3 heterocycles. The topological polar surface area (TPSA) is 71.7 Å². The first-order valence-electron chi connectivity index (χ1n) is 9.23. The van der Waals surface area contributed by atoms with Gasteiger partial charge in [0.15, 0.2) is 5.82 Å². The second kappa shape index (κ2) is 7.45. The van der Waals surface area contributed by atoms with Crippen molar-refractivity contribution in [2.75, 3.05) is 44.3 Å². The fourth-order valence-corrected chi connectivity index (χ4v) is 3.76. The number of carbonyl (C=O) groups excluding carboxylic acids is 1. The Morgan fingerprint density at radius 2 is 2.00 bits per heavy atom. The van der Waals surface area contributed by atoms with Crippen LogP contribution in [0.25, 0.3) is 0 Å². The van der Waals surface area contributed by atoms with Crippen LogP contribution in [0.4, 0.5) is 5.69 Å². The van der Waals surface area contributed by atoms with E-state index in [-0.39, 0.29) is 11.8 Å². The minimum Gasteiger partial charge on any atom is -0.378 e. The van der Waals surface area contributed by atoms with Crippen LogP contribution in [-0.4, -0.2) is 60.3 Å². The zero-order chi connectivity index (χ0) is 17.9. The number of morpholine rings is 1. The van der Waals surface area contributed by atoms with Gasteiger partial charge in [-0.2, -0.15) is 4.98 Å². The number of aryl methyl sites for hydroxylation is 1. The number of aromatic nitrogens is 2. The number of anilines is 1. The molecule has 2 aromatic rings. The smallest absolute Gasteiger partial charge is 0.255 e. The molecule has 0 radical (unpaired) electrons. The first kappa shape index (κ1) is 17.0. The van der Waals surface area contributed by atoms with Crippen LogP contribution >= 0.6 is 0 Å². The highest BCUT2D eigenvalue weighted by Crippen LogP contribution is 2.28. The molecule has 2 aliphatic rings. The maximum absolute atomic E-state index is 13.2. The summed E-state index contributed by atoms with van der Waals surface area (Å²) in [5, 5.41) is 4.05. The van der Waals surface area contributed by atoms with Crippen LogP contribution in [0.1, 0.15) is 40.8 Å². The summed E-state index contributed by atoms with van der Waals surface area (Å²) in [6.45, 7) is 6.22. The van der Waals surface area contributed by atoms with Gasteiger partial charge in [-0.05, 0) is 25.0 Å². The predicted molar refractivity (Wildman–Crippen MR) is 96.4 cm³/mol. The molecule has 7 nitrogen and oxygen atoms in total. The Labute approximate surface area is 152 Å². The minimum absolute atomic E-state index is 0.0806. The molecule has 2 aliphatic heterocycles. The van der Waals surface area contributed by atoms with Crippen molar-refractivity contribution in [1.29, 1.82) is 0 Å². The summed E-state index contributed by atoms with van der Waals surface area (Å²) >= 11 is 0. The molecule has 0 aliphatic carbocycles. The molecule has 26 heavy (non-hydrogen) atoms. The molecular formula is C19H24N4O3. The number of likely N-dealkylation sites (tertiary alicyclic amines) is 1. The van der Waals surface area contributed by atoms with E-state index in [0.717, 1.165) is 43.7 Å². The van der Waals surface area contributed by atoms with Gasteiger partial charge in [-0.15, -0.1) is 0 Å². The molecule has 2 fully saturated rings. The fraction of sp³-hybridized carbons (Fsp3) is 0.526. The number of para-hydroxylation sites is 1. The molecule has 1 amide bonds. The monoisotopic (exact) mass is 356 g/mol. The molecule has 1 aromatic heterocycles. The third-order valence-corrected chi connectivity index (χ3v) is 5.10. The van der Waals surface area contributed by atoms with E-state index in [1.807, 2.05) is 29.2 Å². The number of rotatable bonds is 3. The number of benzene rings is 1. The lowest BCUT2D eigenvalue weighted by Gasteiger charge is -2.34. The zero-order valence-corrected chi connectivity index (χ0v) is 15.1. The molecule has 1 atom stereocenters. The van der Waals surface area contributed by atoms with E-state index in [4.69, 9.17) is 9.26 Å². The van der Waals surface area contributed by atoms with Crippen molar-refractivity contribution >= 4 is 11.6 Å². The first-order chi connectivity index (χ1) is 12.7. The second-order valence-electron chi connectivity index (χ2n) is 6.88. The summed E-state index contributed by atoms with van der Waals surface area (Å²) in [4.78, 5) is 21.8. The van der Waals surface area contributed by atoms with Crippen molar-refractivity contribution in [2.45, 2.75) is 25.7 Å². The molecule has 7 heteroatoms. The molecular weight excluding hydrogens is 332 g/mol. The second-order valence-corrected chi connectivity index (χ2v) is 6.88. The summed E-state index contributed by atoms with van der Waals surface area (Å²) in [5.41, 5.74) is 1.76. The summed E-state index contributed by atoms with van der Waals surface area (Å²) in [6.07, 6.45) is 1.93. The molecule has 0 N–H and O–H groups in total. The minimum atomic E-state index is 0.0806. The van der Waals surface area contributed by atoms with Crippen molar-refractivity contribution in [3.05, 3.63) is 41.5 Å². The van der Waals surface area contributed by atoms with Gasteiger partial charge in [0.1, 0.15) is 0 Å². The van der Waals surface area contributed by atoms with Crippen molar-refractivity contribution in [2.24, 2.45) is 0 Å². The Kier molecular flexibility index (Phi) is 4.88. The lowest BCUT2D eigenvalue weighted by Crippen LogP contribution is -2.41. The fourth-order valence-electron chi connectivity index (χ4n) is 3.76. The zero-order valence-electron chi connectivity index (χ0n) is 15.1. The Bertz CT molecular complexity index is 770. The maximum Gasteiger partial charge on any atom is 0.255 e. The van der Waals surface area contributed by atoms with Crippen molar-refractivity contribution < 1.29 is 14.1 Å². The van der Waals surface area contributed by atoms with Gasteiger partial charge in [0, 0.05) is 44.7 Å². The van der Waals surface area contributed by atoms with Crippen LogP contribution in [-0.2, 0) is 4.74 Å². The van der Waals surface area contributed by atoms with E-state index >= 15 is 0 Å². The predicted octanol–water partition coefficient (Wildman–Crippen LogP) is 2.23. The van der Waals surface area contributed by atoms with Gasteiger partial charge < -0.3 is 19.1 Å². The molecule has 138 valence electrons. The Morgan fingerprint density at radius 1 is 1.19 bits per heavy atom. The molecule has 0 bridgehead atoms. The Morgan fingerprint density at radius 3 is 2.77 bits per heavy atom. The van der Waals surface area contributed by atoms with Crippen LogP contribution in [0.2, 0.25) is 0 Å². The number of carbonyl (C=O) groups is 1. The van der Waals surface area contributed by atoms with Crippen molar-refractivity contribution in [1.82, 2.24) is 15.0 Å². The normalized spacial score (nSPS) is 21.0. The molecule has 0 spiro atoms. The third kappa shape index (κ3) is 3.44. The van der Waals surface area contributed by atoms with Gasteiger partial charge in [-0.1, -0.05) is 17.3 Å². The first-order valence-corrected chi connectivity index (χ1v) is 9.23. The number of hydrogen-bond donors (Lipinski definition) is 0. The highest BCUT2D eigenvalue weighted by molar-refractivity contribution is 6.00. The van der Waals surface area contributed by atoms with Gasteiger partial charge in [0.05, 0.1) is 18.8 Å². The van der Waals surface area contributed by atoms with Crippen LogP contribution in [0, 0.1) is 6.92 Å². The molecule has 4 rings (SSSR count). The lowest BCUT2D eigenvalue weighted by molar-refractivity contribution is 0.0703. The van der Waals surface area contributed by atoms with Crippen LogP contribution in [0.15, 0.2) is 28.8 Å². The van der Waals surface area contributed by atoms with Crippen molar-refractivity contribution in [3.8, 4) is 0 Å². The highest BCUT2D eigenvalue weighted by Gasteiger charge is 2.30. The van der Waals surface area contributed by atoms with E-state index in [1.165, 1.54) is 0 Å². The highest BCUT2D eigenvalue weighted by atomic mass is 16.5. The Hall–Kier alpha value is -2.41. The van der Waals surface area contributed by atoms with Crippen LogP contribution in [0.5, 0.6) is 0 Å². The SMILES string of the molecule is Cc1nc(C2CCCN(C(=O)c3ccccc3N3CCOCC3)C2)no1. The van der Waals surface area contributed by atoms with E-state index in [1.54, 1.807) is 6.92 Å². The number of piperidine rings is 1.